The van der Waals surface area contributed by atoms with Crippen LogP contribution in [-0.2, 0) is 48.1 Å². The highest BCUT2D eigenvalue weighted by atomic mass is 16.6. The highest BCUT2D eigenvalue weighted by Gasteiger charge is 2.41. The predicted octanol–water partition coefficient (Wildman–Crippen LogP) is 6.39. The fourth-order valence-electron chi connectivity index (χ4n) is 6.35. The van der Waals surface area contributed by atoms with E-state index in [4.69, 9.17) is 23.7 Å². The van der Waals surface area contributed by atoms with E-state index in [0.717, 1.165) is 22.3 Å². The number of rotatable bonds is 14. The molecule has 0 spiro atoms. The molecule has 14 nitrogen and oxygen atoms in total. The first-order valence-electron chi connectivity index (χ1n) is 18.7. The van der Waals surface area contributed by atoms with Crippen LogP contribution in [0.3, 0.4) is 0 Å². The molecule has 6 aromatic rings. The van der Waals surface area contributed by atoms with Gasteiger partial charge in [0.15, 0.2) is 5.65 Å². The quantitative estimate of drug-likeness (QED) is 0.0955. The van der Waals surface area contributed by atoms with Crippen molar-refractivity contribution in [2.45, 2.75) is 64.4 Å². The fraction of sp³-hybridized carbons (Fsp3) is 0.250. The Labute approximate surface area is 334 Å². The maximum absolute atomic E-state index is 13.5. The summed E-state index contributed by atoms with van der Waals surface area (Å²) in [5, 5.41) is 2.64. The first kappa shape index (κ1) is 39.3. The number of esters is 3. The molecule has 0 unspecified atom stereocenters. The van der Waals surface area contributed by atoms with Crippen molar-refractivity contribution in [2.24, 2.45) is 0 Å². The Morgan fingerprint density at radius 3 is 1.98 bits per heavy atom. The van der Waals surface area contributed by atoms with Gasteiger partial charge in [0.2, 0.25) is 0 Å². The molecule has 2 aromatic heterocycles. The van der Waals surface area contributed by atoms with Gasteiger partial charge in [-0.2, -0.15) is 0 Å². The lowest BCUT2D eigenvalue weighted by Crippen LogP contribution is -2.43. The summed E-state index contributed by atoms with van der Waals surface area (Å²) in [7, 11) is 0. The van der Waals surface area contributed by atoms with Crippen molar-refractivity contribution in [3.8, 4) is 0 Å². The average Bonchev–Trinajstić information content (AvgIpc) is 3.86. The lowest BCUT2D eigenvalue weighted by atomic mass is 10.1. The number of nitrogens with one attached hydrogen (secondary N) is 1. The lowest BCUT2D eigenvalue weighted by molar-refractivity contribution is -0.147. The SMILES string of the molecule is Cc1ccc(C(=O)OC[C@H]2O[C@@H](n3cnc4c(C[C@H](NC(=O)OCc5ccccc5)C(=O)OCc5ccccc5)ncnc43)C[C@@H]2OC(=O)c2ccc(C)cc2)cc1. The molecular formula is C44H41N5O9. The van der Waals surface area contributed by atoms with E-state index < -0.39 is 48.5 Å². The van der Waals surface area contributed by atoms with Crippen LogP contribution in [-0.4, -0.2) is 68.4 Å². The van der Waals surface area contributed by atoms with Gasteiger partial charge in [0.05, 0.1) is 23.1 Å². The second kappa shape index (κ2) is 18.3. The monoisotopic (exact) mass is 783 g/mol. The molecule has 1 aliphatic heterocycles. The van der Waals surface area contributed by atoms with E-state index >= 15 is 0 Å². The van der Waals surface area contributed by atoms with Crippen LogP contribution in [0.1, 0.15) is 61.3 Å². The number of nitrogens with zero attached hydrogens (tertiary/aromatic N) is 4. The van der Waals surface area contributed by atoms with Gasteiger partial charge >= 0.3 is 24.0 Å². The van der Waals surface area contributed by atoms with Crippen LogP contribution in [0.5, 0.6) is 0 Å². The smallest absolute Gasteiger partial charge is 0.408 e. The summed E-state index contributed by atoms with van der Waals surface area (Å²) in [6.07, 6.45) is -0.300. The van der Waals surface area contributed by atoms with Crippen molar-refractivity contribution in [1.29, 1.82) is 0 Å². The molecule has 1 fully saturated rings. The Bertz CT molecular complexity index is 2350. The molecule has 1 N–H and O–H groups in total. The minimum absolute atomic E-state index is 0.00449. The number of carbonyl (C=O) groups excluding carboxylic acids is 4. The normalized spacial score (nSPS) is 16.6. The predicted molar refractivity (Wildman–Crippen MR) is 209 cm³/mol. The minimum atomic E-state index is -1.20. The molecule has 1 aliphatic rings. The Kier molecular flexibility index (Phi) is 12.4. The summed E-state index contributed by atoms with van der Waals surface area (Å²) >= 11 is 0. The topological polar surface area (TPSA) is 170 Å². The molecule has 3 heterocycles. The molecule has 0 saturated carbocycles. The molecule has 58 heavy (non-hydrogen) atoms. The highest BCUT2D eigenvalue weighted by Crippen LogP contribution is 2.34. The summed E-state index contributed by atoms with van der Waals surface area (Å²) in [6.45, 7) is 3.63. The Morgan fingerprint density at radius 2 is 1.34 bits per heavy atom. The van der Waals surface area contributed by atoms with E-state index in [1.165, 1.54) is 12.7 Å². The number of ether oxygens (including phenoxy) is 5. The number of imidazole rings is 1. The standard InChI is InChI=1S/C44H41N5O9/c1-28-13-17-32(18-14-28)41(50)55-25-37-36(58-42(51)33-19-15-29(2)16-20-33)22-38(57-37)49-27-47-39-34(45-26-46-40(39)49)21-35(43(52)54-23-30-9-5-3-6-10-30)48-44(53)56-24-31-11-7-4-8-12-31/h3-20,26-27,35-38H,21-25H2,1-2H3,(H,48,53)/t35-,36-,37+,38+/m0/s1. The number of hydrogen-bond acceptors (Lipinski definition) is 12. The van der Waals surface area contributed by atoms with Crippen LogP contribution in [0.25, 0.3) is 11.2 Å². The maximum Gasteiger partial charge on any atom is 0.408 e. The molecule has 1 saturated heterocycles. The van der Waals surface area contributed by atoms with Gasteiger partial charge < -0.3 is 29.0 Å². The van der Waals surface area contributed by atoms with E-state index in [-0.39, 0.29) is 32.7 Å². The van der Waals surface area contributed by atoms with Crippen LogP contribution in [0.4, 0.5) is 4.79 Å². The maximum atomic E-state index is 13.5. The Balaban J connectivity index is 1.10. The number of hydrogen-bond donors (Lipinski definition) is 1. The van der Waals surface area contributed by atoms with E-state index in [1.807, 2.05) is 98.8 Å². The third kappa shape index (κ3) is 9.89. The zero-order valence-electron chi connectivity index (χ0n) is 31.9. The van der Waals surface area contributed by atoms with Gasteiger partial charge in [-0.15, -0.1) is 0 Å². The third-order valence-electron chi connectivity index (χ3n) is 9.55. The number of aryl methyl sites for hydroxylation is 2. The molecule has 14 heteroatoms. The first-order chi connectivity index (χ1) is 28.2. The van der Waals surface area contributed by atoms with E-state index in [2.05, 4.69) is 20.3 Å². The first-order valence-corrected chi connectivity index (χ1v) is 18.7. The zero-order valence-corrected chi connectivity index (χ0v) is 31.9. The van der Waals surface area contributed by atoms with E-state index in [1.54, 1.807) is 28.8 Å². The molecular weight excluding hydrogens is 743 g/mol. The summed E-state index contributed by atoms with van der Waals surface area (Å²) < 4.78 is 30.7. The van der Waals surface area contributed by atoms with Gasteiger partial charge in [-0.1, -0.05) is 96.1 Å². The molecule has 296 valence electrons. The van der Waals surface area contributed by atoms with Crippen molar-refractivity contribution < 1.29 is 42.9 Å². The van der Waals surface area contributed by atoms with E-state index in [0.29, 0.717) is 28.0 Å². The van der Waals surface area contributed by atoms with Gasteiger partial charge in [-0.25, -0.2) is 34.1 Å². The van der Waals surface area contributed by atoms with Crippen LogP contribution in [0.2, 0.25) is 0 Å². The minimum Gasteiger partial charge on any atom is -0.459 e. The molecule has 4 aromatic carbocycles. The number of fused-ring (bicyclic) bond motifs is 1. The highest BCUT2D eigenvalue weighted by molar-refractivity contribution is 5.90. The van der Waals surface area contributed by atoms with Crippen molar-refractivity contribution in [3.63, 3.8) is 0 Å². The van der Waals surface area contributed by atoms with Crippen molar-refractivity contribution >= 4 is 35.2 Å². The molecule has 4 atom stereocenters. The van der Waals surface area contributed by atoms with Crippen molar-refractivity contribution in [3.05, 3.63) is 161 Å². The zero-order chi connectivity index (χ0) is 40.4. The second-order valence-electron chi connectivity index (χ2n) is 13.8. The van der Waals surface area contributed by atoms with Crippen molar-refractivity contribution in [1.82, 2.24) is 24.8 Å². The van der Waals surface area contributed by atoms with Crippen molar-refractivity contribution in [2.75, 3.05) is 6.61 Å². The number of aromatic nitrogens is 4. The molecule has 0 bridgehead atoms. The summed E-state index contributed by atoms with van der Waals surface area (Å²) in [6, 6.07) is 31.1. The van der Waals surface area contributed by atoms with Gasteiger partial charge in [0.1, 0.15) is 56.1 Å². The summed E-state index contributed by atoms with van der Waals surface area (Å²) in [5.74, 6) is -1.80. The Morgan fingerprint density at radius 1 is 0.741 bits per heavy atom. The Hall–Kier alpha value is -6.93. The summed E-state index contributed by atoms with van der Waals surface area (Å²) in [4.78, 5) is 66.2. The number of carbonyl (C=O) groups is 4. The average molecular weight is 784 g/mol. The third-order valence-corrected chi connectivity index (χ3v) is 9.55. The van der Waals surface area contributed by atoms with Crippen LogP contribution in [0, 0.1) is 13.8 Å². The fourth-order valence-corrected chi connectivity index (χ4v) is 6.35. The van der Waals surface area contributed by atoms with Crippen LogP contribution < -0.4 is 5.32 Å². The van der Waals surface area contributed by atoms with Gasteiger partial charge in [0.25, 0.3) is 0 Å². The van der Waals surface area contributed by atoms with Crippen LogP contribution >= 0.6 is 0 Å². The largest absolute Gasteiger partial charge is 0.459 e. The summed E-state index contributed by atoms with van der Waals surface area (Å²) in [5.41, 5.74) is 5.32. The molecule has 7 rings (SSSR count). The number of alkyl carbamates (subject to hydrolysis) is 1. The molecule has 0 radical (unpaired) electrons. The van der Waals surface area contributed by atoms with E-state index in [9.17, 15) is 19.2 Å². The second-order valence-corrected chi connectivity index (χ2v) is 13.8. The molecule has 0 aliphatic carbocycles. The number of amides is 1. The van der Waals surface area contributed by atoms with Gasteiger partial charge in [-0.3, -0.25) is 4.57 Å². The number of benzene rings is 4. The lowest BCUT2D eigenvalue weighted by Gasteiger charge is -2.19. The van der Waals surface area contributed by atoms with Gasteiger partial charge in [-0.05, 0) is 49.2 Å². The van der Waals surface area contributed by atoms with Gasteiger partial charge in [0, 0.05) is 12.8 Å². The van der Waals surface area contributed by atoms with Crippen LogP contribution in [0.15, 0.2) is 122 Å². The molecule has 1 amide bonds.